The van der Waals surface area contributed by atoms with Gasteiger partial charge in [-0.25, -0.2) is 0 Å². The summed E-state index contributed by atoms with van der Waals surface area (Å²) in [4.78, 5) is 37.1. The first kappa shape index (κ1) is 18.9. The molecule has 1 aromatic rings. The van der Waals surface area contributed by atoms with Gasteiger partial charge >= 0.3 is 0 Å². The molecular weight excluding hydrogens is 356 g/mol. The summed E-state index contributed by atoms with van der Waals surface area (Å²) < 4.78 is 0. The van der Waals surface area contributed by atoms with Gasteiger partial charge in [-0.15, -0.1) is 0 Å². The lowest BCUT2D eigenvalue weighted by Gasteiger charge is -2.37. The van der Waals surface area contributed by atoms with Crippen LogP contribution in [0.4, 0.5) is 0 Å². The van der Waals surface area contributed by atoms with Gasteiger partial charge in [0.15, 0.2) is 6.10 Å². The van der Waals surface area contributed by atoms with Crippen molar-refractivity contribution in [2.45, 2.75) is 25.4 Å². The molecule has 2 amide bonds. The van der Waals surface area contributed by atoms with Crippen LogP contribution in [-0.2, 0) is 14.4 Å². The minimum atomic E-state index is -0.184. The second kappa shape index (κ2) is 8.31. The van der Waals surface area contributed by atoms with E-state index in [0.717, 1.165) is 44.6 Å². The zero-order valence-electron chi connectivity index (χ0n) is 16.4. The number of piperidine rings is 1. The van der Waals surface area contributed by atoms with Gasteiger partial charge in [-0.05, 0) is 25.5 Å². The first-order valence-electron chi connectivity index (χ1n) is 10.2. The number of hydrogen-bond donors (Lipinski definition) is 0. The van der Waals surface area contributed by atoms with E-state index < -0.39 is 0 Å². The molecule has 0 radical (unpaired) electrons. The van der Waals surface area contributed by atoms with E-state index in [0.29, 0.717) is 25.2 Å². The van der Waals surface area contributed by atoms with Crippen molar-refractivity contribution in [1.29, 1.82) is 0 Å². The first-order chi connectivity index (χ1) is 13.6. The summed E-state index contributed by atoms with van der Waals surface area (Å²) in [6.45, 7) is 4.71. The lowest BCUT2D eigenvalue weighted by atomic mass is 9.94. The van der Waals surface area contributed by atoms with Crippen LogP contribution in [0.3, 0.4) is 0 Å². The molecule has 1 aromatic carbocycles. The molecule has 0 aromatic heterocycles. The Bertz CT molecular complexity index is 735. The van der Waals surface area contributed by atoms with Crippen molar-refractivity contribution in [2.24, 2.45) is 11.1 Å². The number of piperazine rings is 1. The summed E-state index contributed by atoms with van der Waals surface area (Å²) in [5.74, 6) is 0.237. The van der Waals surface area contributed by atoms with E-state index in [-0.39, 0.29) is 23.8 Å². The van der Waals surface area contributed by atoms with Crippen LogP contribution in [0.15, 0.2) is 35.5 Å². The molecule has 3 aliphatic heterocycles. The van der Waals surface area contributed by atoms with Crippen LogP contribution >= 0.6 is 0 Å². The Morgan fingerprint density at radius 3 is 2.32 bits per heavy atom. The fourth-order valence-corrected chi connectivity index (χ4v) is 4.15. The van der Waals surface area contributed by atoms with E-state index in [4.69, 9.17) is 4.84 Å². The number of likely N-dealkylation sites (tertiary alicyclic amines) is 1. The smallest absolute Gasteiger partial charge is 0.271 e. The molecule has 1 atom stereocenters. The van der Waals surface area contributed by atoms with E-state index in [1.807, 2.05) is 40.1 Å². The fraction of sp³-hybridized carbons (Fsp3) is 0.571. The Morgan fingerprint density at radius 2 is 1.64 bits per heavy atom. The van der Waals surface area contributed by atoms with Gasteiger partial charge in [-0.3, -0.25) is 9.59 Å². The molecule has 28 heavy (non-hydrogen) atoms. The molecule has 0 N–H and O–H groups in total. The largest absolute Gasteiger partial charge is 0.387 e. The molecule has 3 aliphatic rings. The van der Waals surface area contributed by atoms with Gasteiger partial charge in [0.25, 0.3) is 5.91 Å². The fourth-order valence-electron chi connectivity index (χ4n) is 4.15. The summed E-state index contributed by atoms with van der Waals surface area (Å²) in [5.41, 5.74) is 1.52. The molecule has 0 saturated carbocycles. The summed E-state index contributed by atoms with van der Waals surface area (Å²) in [6.07, 6.45) is 1.78. The number of nitrogens with zero attached hydrogens (tertiary/aromatic N) is 4. The molecule has 3 heterocycles. The zero-order chi connectivity index (χ0) is 19.5. The van der Waals surface area contributed by atoms with Crippen LogP contribution < -0.4 is 0 Å². The zero-order valence-corrected chi connectivity index (χ0v) is 16.4. The molecule has 2 saturated heterocycles. The number of carbonyl (C=O) groups is 2. The predicted octanol–water partition coefficient (Wildman–Crippen LogP) is 1.52. The molecule has 0 aliphatic carbocycles. The topological polar surface area (TPSA) is 65.5 Å². The quantitative estimate of drug-likeness (QED) is 0.793. The van der Waals surface area contributed by atoms with Gasteiger partial charge in [0.05, 0.1) is 0 Å². The van der Waals surface area contributed by atoms with Crippen molar-refractivity contribution in [3.05, 3.63) is 35.9 Å². The highest BCUT2D eigenvalue weighted by atomic mass is 16.6. The molecule has 2 fully saturated rings. The lowest BCUT2D eigenvalue weighted by Crippen LogP contribution is -2.51. The van der Waals surface area contributed by atoms with E-state index in [1.165, 1.54) is 0 Å². The van der Waals surface area contributed by atoms with E-state index in [1.54, 1.807) is 0 Å². The highest BCUT2D eigenvalue weighted by Gasteiger charge is 2.35. The van der Waals surface area contributed by atoms with Gasteiger partial charge in [0.2, 0.25) is 5.91 Å². The molecule has 150 valence electrons. The van der Waals surface area contributed by atoms with Crippen LogP contribution in [0.5, 0.6) is 0 Å². The van der Waals surface area contributed by atoms with Crippen molar-refractivity contribution in [3.63, 3.8) is 0 Å². The standard InChI is InChI=1S/C21H28N4O3/c1-23-11-13-25(14-12-23)20(26)17-7-9-24(10-8-17)21(27)18-15-19(28-22-18)16-5-3-2-4-6-16/h2-6,17,19H,7-15H2,1H3. The van der Waals surface area contributed by atoms with Gasteiger partial charge in [-0.1, -0.05) is 35.5 Å². The maximum atomic E-state index is 12.8. The van der Waals surface area contributed by atoms with Crippen molar-refractivity contribution in [2.75, 3.05) is 46.3 Å². The number of oxime groups is 1. The average molecular weight is 384 g/mol. The van der Waals surface area contributed by atoms with E-state index >= 15 is 0 Å². The normalized spacial score (nSPS) is 24.0. The van der Waals surface area contributed by atoms with Crippen LogP contribution in [0, 0.1) is 5.92 Å². The maximum absolute atomic E-state index is 12.8. The van der Waals surface area contributed by atoms with Gasteiger partial charge < -0.3 is 19.5 Å². The predicted molar refractivity (Wildman–Crippen MR) is 106 cm³/mol. The second-order valence-corrected chi connectivity index (χ2v) is 7.94. The van der Waals surface area contributed by atoms with E-state index in [2.05, 4.69) is 17.1 Å². The first-order valence-corrected chi connectivity index (χ1v) is 10.2. The molecule has 4 rings (SSSR count). The van der Waals surface area contributed by atoms with Gasteiger partial charge in [0.1, 0.15) is 5.71 Å². The SMILES string of the molecule is CN1CCN(C(=O)C2CCN(C(=O)C3=NOC(c4ccccc4)C3)CC2)CC1. The van der Waals surface area contributed by atoms with Crippen molar-refractivity contribution >= 4 is 17.5 Å². The Labute approximate surface area is 165 Å². The number of rotatable bonds is 3. The minimum absolute atomic E-state index is 0.0336. The van der Waals surface area contributed by atoms with Crippen LogP contribution in [0.1, 0.15) is 30.9 Å². The molecule has 0 bridgehead atoms. The summed E-state index contributed by atoms with van der Waals surface area (Å²) in [7, 11) is 2.09. The Hall–Kier alpha value is -2.41. The molecule has 7 heteroatoms. The number of carbonyl (C=O) groups excluding carboxylic acids is 2. The van der Waals surface area contributed by atoms with Crippen LogP contribution in [0.25, 0.3) is 0 Å². The number of likely N-dealkylation sites (N-methyl/N-ethyl adjacent to an activating group) is 1. The molecular formula is C21H28N4O3. The van der Waals surface area contributed by atoms with Gasteiger partial charge in [-0.2, -0.15) is 0 Å². The second-order valence-electron chi connectivity index (χ2n) is 7.94. The number of amides is 2. The molecule has 0 spiro atoms. The number of benzene rings is 1. The Morgan fingerprint density at radius 1 is 0.964 bits per heavy atom. The Balaban J connectivity index is 1.27. The molecule has 7 nitrogen and oxygen atoms in total. The van der Waals surface area contributed by atoms with Crippen molar-refractivity contribution < 1.29 is 14.4 Å². The summed E-state index contributed by atoms with van der Waals surface area (Å²) in [6, 6.07) is 9.85. The monoisotopic (exact) mass is 384 g/mol. The van der Waals surface area contributed by atoms with Crippen LogP contribution in [-0.4, -0.2) is 78.5 Å². The lowest BCUT2D eigenvalue weighted by molar-refractivity contribution is -0.140. The van der Waals surface area contributed by atoms with Crippen molar-refractivity contribution in [3.8, 4) is 0 Å². The maximum Gasteiger partial charge on any atom is 0.271 e. The highest BCUT2D eigenvalue weighted by molar-refractivity contribution is 6.39. The minimum Gasteiger partial charge on any atom is -0.387 e. The third-order valence-electron chi connectivity index (χ3n) is 6.03. The number of hydrogen-bond acceptors (Lipinski definition) is 5. The molecule has 1 unspecified atom stereocenters. The summed E-state index contributed by atoms with van der Waals surface area (Å²) >= 11 is 0. The van der Waals surface area contributed by atoms with Crippen LogP contribution in [0.2, 0.25) is 0 Å². The van der Waals surface area contributed by atoms with Gasteiger partial charge in [0, 0.05) is 51.6 Å². The third kappa shape index (κ3) is 4.04. The average Bonchev–Trinajstić information content (AvgIpc) is 3.24. The highest BCUT2D eigenvalue weighted by Crippen LogP contribution is 2.28. The Kier molecular flexibility index (Phi) is 5.62. The van der Waals surface area contributed by atoms with Crippen molar-refractivity contribution in [1.82, 2.24) is 14.7 Å². The van der Waals surface area contributed by atoms with E-state index in [9.17, 15) is 9.59 Å². The third-order valence-corrected chi connectivity index (χ3v) is 6.03. The summed E-state index contributed by atoms with van der Waals surface area (Å²) in [5, 5.41) is 4.05.